The van der Waals surface area contributed by atoms with Crippen molar-refractivity contribution in [2.24, 2.45) is 62.6 Å². The van der Waals surface area contributed by atoms with Crippen molar-refractivity contribution < 1.29 is 59.6 Å². The highest BCUT2D eigenvalue weighted by molar-refractivity contribution is 8.76. The first-order valence-electron chi connectivity index (χ1n) is 29.0. The van der Waals surface area contributed by atoms with Crippen molar-refractivity contribution in [1.29, 1.82) is 0 Å². The van der Waals surface area contributed by atoms with Gasteiger partial charge in [-0.25, -0.2) is 0 Å². The molecule has 7 fully saturated rings. The summed E-state index contributed by atoms with van der Waals surface area (Å²) in [6, 6.07) is 12.1. The fourth-order valence-electron chi connectivity index (χ4n) is 20.3. The van der Waals surface area contributed by atoms with E-state index in [1.807, 2.05) is 24.3 Å². The van der Waals surface area contributed by atoms with Gasteiger partial charge in [0.25, 0.3) is 0 Å². The first-order chi connectivity index (χ1) is 37.6. The van der Waals surface area contributed by atoms with E-state index in [4.69, 9.17) is 9.47 Å². The van der Waals surface area contributed by atoms with Crippen molar-refractivity contribution in [3.63, 3.8) is 0 Å². The Morgan fingerprint density at radius 3 is 2.49 bits per heavy atom. The number of nitrogens with one attached hydrogen (secondary N) is 2. The number of allylic oxidation sites excluding steroid dienone is 6. The molecule has 78 heavy (non-hydrogen) atoms. The van der Waals surface area contributed by atoms with Crippen LogP contribution in [0.2, 0.25) is 0 Å². The van der Waals surface area contributed by atoms with Crippen LogP contribution in [0, 0.1) is 62.6 Å². The number of benzene rings is 2. The molecule has 2 aromatic rings. The fourth-order valence-corrected chi connectivity index (χ4v) is 23.1. The third-order valence-electron chi connectivity index (χ3n) is 22.9. The molecule has 5 spiro atoms. The minimum atomic E-state index is -2.34. The predicted octanol–water partition coefficient (Wildman–Crippen LogP) is 7.31. The van der Waals surface area contributed by atoms with Gasteiger partial charge in [-0.15, -0.1) is 0 Å². The number of fused-ring (bicyclic) bond motifs is 2. The summed E-state index contributed by atoms with van der Waals surface area (Å²) in [5.74, 6) is -2.68. The first kappa shape index (κ1) is 52.1. The van der Waals surface area contributed by atoms with Crippen LogP contribution in [0.25, 0.3) is 0 Å². The Kier molecular flexibility index (Phi) is 12.4. The van der Waals surface area contributed by atoms with Crippen molar-refractivity contribution in [3.8, 4) is 5.75 Å². The molecule has 6 saturated carbocycles. The molecule has 416 valence electrons. The maximum atomic E-state index is 16.2. The molecule has 14 nitrogen and oxygen atoms in total. The zero-order valence-corrected chi connectivity index (χ0v) is 45.8. The molecule has 9 N–H and O–H groups in total. The number of Topliss-reactive ketones (excluding diaryl/α,β-unsaturated/α-hetero) is 2. The van der Waals surface area contributed by atoms with Gasteiger partial charge in [0.05, 0.1) is 36.4 Å². The summed E-state index contributed by atoms with van der Waals surface area (Å²) >= 11 is 0. The van der Waals surface area contributed by atoms with Crippen molar-refractivity contribution in [2.45, 2.75) is 151 Å². The van der Waals surface area contributed by atoms with Gasteiger partial charge in [0, 0.05) is 41.2 Å². The Bertz CT molecular complexity index is 2990. The van der Waals surface area contributed by atoms with Crippen LogP contribution in [0.4, 0.5) is 0 Å². The van der Waals surface area contributed by atoms with E-state index in [9.17, 15) is 40.5 Å². The molecular weight excluding hydrogens is 1030 g/mol. The summed E-state index contributed by atoms with van der Waals surface area (Å²) in [5.41, 5.74) is -2.33. The van der Waals surface area contributed by atoms with Gasteiger partial charge in [-0.05, 0) is 176 Å². The Labute approximate surface area is 463 Å². The van der Waals surface area contributed by atoms with Crippen LogP contribution in [0.1, 0.15) is 135 Å². The Morgan fingerprint density at radius 2 is 1.69 bits per heavy atom. The minimum absolute atomic E-state index is 0.00627. The largest absolute Gasteiger partial charge is 0.511 e. The van der Waals surface area contributed by atoms with Gasteiger partial charge in [-0.2, -0.15) is 0 Å². The SMILES string of the molecule is O=CC1CC2(CCC3(CCCC3)C2)CC12CC1CC3CC4CC5(CO)OC6Oc7cccc8c7C(=O)C7(C(O)=CC(Cc9cccc(CO)c9)=CC7C8=O)C(CCCO)SSCNC7=CC(=C3CN7)C1(C2)C4C(O)(C6O)C5O. The molecule has 16 unspecified atom stereocenters. The van der Waals surface area contributed by atoms with E-state index in [0.29, 0.717) is 48.2 Å². The van der Waals surface area contributed by atoms with Crippen molar-refractivity contribution in [1.82, 2.24) is 10.6 Å². The van der Waals surface area contributed by atoms with Crippen LogP contribution in [0.15, 0.2) is 89.0 Å². The van der Waals surface area contributed by atoms with Crippen LogP contribution in [0.3, 0.4) is 0 Å². The number of hydrogen-bond acceptors (Lipinski definition) is 16. The molecule has 16 atom stereocenters. The van der Waals surface area contributed by atoms with Crippen LogP contribution in [-0.4, -0.2) is 114 Å². The fraction of sp³-hybridized carbons (Fsp3) is 0.629. The van der Waals surface area contributed by atoms with E-state index in [1.54, 1.807) is 24.3 Å². The topological polar surface area (TPSA) is 235 Å². The zero-order chi connectivity index (χ0) is 53.8. The lowest BCUT2D eigenvalue weighted by Crippen LogP contribution is -2.81. The molecule has 10 aliphatic carbocycles. The number of aldehydes is 1. The van der Waals surface area contributed by atoms with Gasteiger partial charge in [-0.1, -0.05) is 76.9 Å². The molecule has 10 bridgehead atoms. The molecule has 2 aromatic carbocycles. The molecule has 16 heteroatoms. The van der Waals surface area contributed by atoms with E-state index in [-0.39, 0.29) is 89.6 Å². The lowest BCUT2D eigenvalue weighted by Gasteiger charge is -2.65. The van der Waals surface area contributed by atoms with E-state index >= 15 is 9.59 Å². The number of ketones is 2. The van der Waals surface area contributed by atoms with E-state index in [1.165, 1.54) is 71.6 Å². The summed E-state index contributed by atoms with van der Waals surface area (Å²) < 4.78 is 13.6. The Hall–Kier alpha value is -3.97. The number of dihydropyridines is 1. The number of carbonyl (C=O) groups excluding carboxylic acids is 3. The third-order valence-corrected chi connectivity index (χ3v) is 25.6. The summed E-state index contributed by atoms with van der Waals surface area (Å²) in [6.07, 6.45) is 15.6. The highest BCUT2D eigenvalue weighted by atomic mass is 33.1. The molecule has 0 aromatic heterocycles. The van der Waals surface area contributed by atoms with Gasteiger partial charge >= 0.3 is 0 Å². The van der Waals surface area contributed by atoms with Gasteiger partial charge in [0.2, 0.25) is 6.29 Å². The third kappa shape index (κ3) is 7.18. The van der Waals surface area contributed by atoms with Gasteiger partial charge < -0.3 is 60.6 Å². The maximum absolute atomic E-state index is 16.2. The van der Waals surface area contributed by atoms with Crippen molar-refractivity contribution >= 4 is 39.4 Å². The lowest BCUT2D eigenvalue weighted by atomic mass is 9.46. The molecule has 1 saturated heterocycles. The molecule has 13 aliphatic rings. The zero-order valence-electron chi connectivity index (χ0n) is 44.2. The first-order valence-corrected chi connectivity index (χ1v) is 31.4. The smallest absolute Gasteiger partial charge is 0.229 e. The van der Waals surface area contributed by atoms with Crippen LogP contribution in [0.5, 0.6) is 5.75 Å². The molecular formula is C62H74N2O12S2. The average molecular weight is 1100 g/mol. The van der Waals surface area contributed by atoms with Crippen LogP contribution >= 0.6 is 21.6 Å². The number of carbonyl (C=O) groups is 3. The molecule has 0 radical (unpaired) electrons. The minimum Gasteiger partial charge on any atom is -0.511 e. The van der Waals surface area contributed by atoms with Crippen LogP contribution in [-0.2, 0) is 22.6 Å². The summed E-state index contributed by atoms with van der Waals surface area (Å²) in [6.45, 7) is -0.524. The Morgan fingerprint density at radius 1 is 0.885 bits per heavy atom. The van der Waals surface area contributed by atoms with Gasteiger partial charge in [0.1, 0.15) is 46.6 Å². The number of aliphatic hydroxyl groups is 7. The lowest BCUT2D eigenvalue weighted by molar-refractivity contribution is -0.392. The number of ether oxygens (including phenoxy) is 2. The molecule has 15 rings (SSSR count). The molecule has 3 heterocycles. The second-order valence-electron chi connectivity index (χ2n) is 26.5. The van der Waals surface area contributed by atoms with Crippen LogP contribution < -0.4 is 15.4 Å². The average Bonchev–Trinajstić information content (AvgIpc) is 2.09. The summed E-state index contributed by atoms with van der Waals surface area (Å²) in [7, 11) is 2.84. The second-order valence-corrected chi connectivity index (χ2v) is 29.1. The van der Waals surface area contributed by atoms with Crippen molar-refractivity contribution in [3.05, 3.63) is 111 Å². The normalized spacial score (nSPS) is 43.4. The van der Waals surface area contributed by atoms with Gasteiger partial charge in [-0.3, -0.25) is 9.59 Å². The predicted molar refractivity (Wildman–Crippen MR) is 292 cm³/mol. The van der Waals surface area contributed by atoms with E-state index in [0.717, 1.165) is 55.5 Å². The summed E-state index contributed by atoms with van der Waals surface area (Å²) in [5, 5.41) is 91.8. The maximum Gasteiger partial charge on any atom is 0.229 e. The second kappa shape index (κ2) is 18.5. The number of aliphatic hydroxyl groups excluding tert-OH is 6. The number of hydrogen-bond donors (Lipinski definition) is 9. The molecule has 3 aliphatic heterocycles. The number of rotatable bonds is 8. The standard InChI is InChI=1S/C62H74N2O12S2/c65-15-5-10-47-61-44(18-36(19-46(61)69)17-34-6-3-7-35(16-34)27-66)50(70)41-8-4-9-45(49(41)52(61)71)75-54-53(72)62(74)51-38(23-59(32-68,76-54)55(62)73)20-37-21-39-25-58(30-57(24-40(58)28-67)14-13-56(29-57)11-1-2-12-56)31-60(39,51)43-22-48(63-26-42(37)43)64-33-77-78-47/h3-4,6-9,16,18-19,22,28,37-40,44,47,51,53-55,63-66,68-69,72-74H,1-2,5,10-15,17,20-21,23-27,29-33H2. The Balaban J connectivity index is 0.917. The summed E-state index contributed by atoms with van der Waals surface area (Å²) in [4.78, 5) is 45.5. The highest BCUT2D eigenvalue weighted by Crippen LogP contribution is 2.80. The highest BCUT2D eigenvalue weighted by Gasteiger charge is 2.79. The quantitative estimate of drug-likeness (QED) is 0.0931. The van der Waals surface area contributed by atoms with Gasteiger partial charge in [0.15, 0.2) is 11.6 Å². The van der Waals surface area contributed by atoms with E-state index < -0.39 is 75.8 Å². The van der Waals surface area contributed by atoms with Crippen molar-refractivity contribution in [2.75, 3.05) is 25.6 Å². The van der Waals surface area contributed by atoms with E-state index in [2.05, 4.69) is 16.7 Å². The molecule has 0 amide bonds. The monoisotopic (exact) mass is 1100 g/mol.